The summed E-state index contributed by atoms with van der Waals surface area (Å²) in [6, 6.07) is 14.8. The second-order valence-electron chi connectivity index (χ2n) is 6.63. The van der Waals surface area contributed by atoms with Crippen LogP contribution >= 0.6 is 0 Å². The zero-order chi connectivity index (χ0) is 19.9. The van der Waals surface area contributed by atoms with E-state index in [0.717, 1.165) is 24.5 Å². The summed E-state index contributed by atoms with van der Waals surface area (Å²) < 4.78 is 11.0. The summed E-state index contributed by atoms with van der Waals surface area (Å²) in [6.45, 7) is 4.61. The summed E-state index contributed by atoms with van der Waals surface area (Å²) in [7, 11) is 1.67. The lowest BCUT2D eigenvalue weighted by atomic mass is 10.1. The average Bonchev–Trinajstić information content (AvgIpc) is 2.77. The fourth-order valence-corrected chi connectivity index (χ4v) is 3.27. The fourth-order valence-electron chi connectivity index (χ4n) is 3.27. The molecule has 1 amide bonds. The van der Waals surface area contributed by atoms with Gasteiger partial charge in [-0.1, -0.05) is 19.1 Å². The van der Waals surface area contributed by atoms with E-state index in [1.54, 1.807) is 31.4 Å². The van der Waals surface area contributed by atoms with Crippen molar-refractivity contribution >= 4 is 17.4 Å². The first-order chi connectivity index (χ1) is 13.6. The lowest BCUT2D eigenvalue weighted by molar-refractivity contribution is -0.133. The Morgan fingerprint density at radius 1 is 0.964 bits per heavy atom. The smallest absolute Gasteiger partial charge is 0.260 e. The van der Waals surface area contributed by atoms with Gasteiger partial charge in [0.1, 0.15) is 11.5 Å². The second kappa shape index (κ2) is 9.26. The lowest BCUT2D eigenvalue weighted by Gasteiger charge is -2.36. The predicted octanol–water partition coefficient (Wildman–Crippen LogP) is 3.02. The minimum atomic E-state index is -0.0339. The molecule has 2 aromatic carbocycles. The van der Waals surface area contributed by atoms with Crippen LogP contribution in [0, 0.1) is 0 Å². The standard InChI is InChI=1S/C22H26N2O4/c1-3-20(25)17-8-10-18(11-9-17)28-16-22(26)24-14-12-23(13-15-24)19-6-4-5-7-21(19)27-2/h4-11H,3,12-16H2,1-2H3. The molecule has 0 spiro atoms. The van der Waals surface area contributed by atoms with Crippen LogP contribution in [0.4, 0.5) is 5.69 Å². The number of para-hydroxylation sites is 2. The van der Waals surface area contributed by atoms with Gasteiger partial charge in [-0.25, -0.2) is 0 Å². The van der Waals surface area contributed by atoms with Gasteiger partial charge in [-0.05, 0) is 36.4 Å². The average molecular weight is 382 g/mol. The van der Waals surface area contributed by atoms with Crippen LogP contribution in [-0.4, -0.2) is 56.5 Å². The Balaban J connectivity index is 1.49. The van der Waals surface area contributed by atoms with Crippen LogP contribution in [0.3, 0.4) is 0 Å². The highest BCUT2D eigenvalue weighted by Crippen LogP contribution is 2.28. The van der Waals surface area contributed by atoms with E-state index >= 15 is 0 Å². The third-order valence-electron chi connectivity index (χ3n) is 4.92. The molecule has 0 aliphatic carbocycles. The molecule has 3 rings (SSSR count). The zero-order valence-corrected chi connectivity index (χ0v) is 16.4. The molecule has 1 saturated heterocycles. The van der Waals surface area contributed by atoms with Crippen LogP contribution in [0.15, 0.2) is 48.5 Å². The molecular weight excluding hydrogens is 356 g/mol. The Morgan fingerprint density at radius 2 is 1.64 bits per heavy atom. The van der Waals surface area contributed by atoms with Crippen LogP contribution in [0.2, 0.25) is 0 Å². The molecule has 1 aliphatic heterocycles. The van der Waals surface area contributed by atoms with Crippen LogP contribution in [0.1, 0.15) is 23.7 Å². The molecule has 6 heteroatoms. The van der Waals surface area contributed by atoms with Crippen molar-refractivity contribution in [3.63, 3.8) is 0 Å². The van der Waals surface area contributed by atoms with E-state index in [-0.39, 0.29) is 18.3 Å². The number of Topliss-reactive ketones (excluding diaryl/α,β-unsaturated/α-hetero) is 1. The molecule has 0 saturated carbocycles. The van der Waals surface area contributed by atoms with Gasteiger partial charge in [0.05, 0.1) is 12.8 Å². The minimum Gasteiger partial charge on any atom is -0.495 e. The molecule has 0 N–H and O–H groups in total. The maximum Gasteiger partial charge on any atom is 0.260 e. The molecule has 1 aliphatic rings. The minimum absolute atomic E-state index is 0.00424. The van der Waals surface area contributed by atoms with Gasteiger partial charge >= 0.3 is 0 Å². The number of carbonyl (C=O) groups is 2. The molecule has 2 aromatic rings. The molecule has 0 aromatic heterocycles. The summed E-state index contributed by atoms with van der Waals surface area (Å²) in [5.74, 6) is 1.49. The highest BCUT2D eigenvalue weighted by atomic mass is 16.5. The summed E-state index contributed by atoms with van der Waals surface area (Å²) in [5, 5.41) is 0. The van der Waals surface area contributed by atoms with Crippen LogP contribution in [0.5, 0.6) is 11.5 Å². The number of ether oxygens (including phenoxy) is 2. The van der Waals surface area contributed by atoms with Crippen LogP contribution < -0.4 is 14.4 Å². The van der Waals surface area contributed by atoms with E-state index in [1.807, 2.05) is 36.1 Å². The number of rotatable bonds is 7. The Labute approximate surface area is 165 Å². The van der Waals surface area contributed by atoms with Crippen molar-refractivity contribution in [2.75, 3.05) is 44.8 Å². The topological polar surface area (TPSA) is 59.1 Å². The molecule has 0 bridgehead atoms. The molecule has 1 heterocycles. The number of benzene rings is 2. The van der Waals surface area contributed by atoms with Crippen LogP contribution in [-0.2, 0) is 4.79 Å². The van der Waals surface area contributed by atoms with Crippen molar-refractivity contribution in [1.29, 1.82) is 0 Å². The number of anilines is 1. The van der Waals surface area contributed by atoms with Gasteiger partial charge in [0, 0.05) is 38.2 Å². The van der Waals surface area contributed by atoms with E-state index < -0.39 is 0 Å². The number of methoxy groups -OCH3 is 1. The summed E-state index contributed by atoms with van der Waals surface area (Å²) in [5.41, 5.74) is 1.71. The van der Waals surface area contributed by atoms with Crippen molar-refractivity contribution in [3.8, 4) is 11.5 Å². The first-order valence-corrected chi connectivity index (χ1v) is 9.54. The Morgan fingerprint density at radius 3 is 2.29 bits per heavy atom. The van der Waals surface area contributed by atoms with E-state index in [9.17, 15) is 9.59 Å². The number of carbonyl (C=O) groups excluding carboxylic acids is 2. The summed E-state index contributed by atoms with van der Waals surface area (Å²) >= 11 is 0. The predicted molar refractivity (Wildman–Crippen MR) is 108 cm³/mol. The van der Waals surface area contributed by atoms with Gasteiger partial charge in [0.25, 0.3) is 5.91 Å². The molecule has 1 fully saturated rings. The second-order valence-corrected chi connectivity index (χ2v) is 6.63. The van der Waals surface area contributed by atoms with Gasteiger partial charge < -0.3 is 19.3 Å². The number of hydrogen-bond acceptors (Lipinski definition) is 5. The normalized spacial score (nSPS) is 13.9. The monoisotopic (exact) mass is 382 g/mol. The fraction of sp³-hybridized carbons (Fsp3) is 0.364. The van der Waals surface area contributed by atoms with E-state index in [2.05, 4.69) is 4.90 Å². The van der Waals surface area contributed by atoms with Crippen molar-refractivity contribution < 1.29 is 19.1 Å². The summed E-state index contributed by atoms with van der Waals surface area (Å²) in [6.07, 6.45) is 0.472. The van der Waals surface area contributed by atoms with E-state index in [1.165, 1.54) is 0 Å². The summed E-state index contributed by atoms with van der Waals surface area (Å²) in [4.78, 5) is 28.2. The Bertz CT molecular complexity index is 812. The first-order valence-electron chi connectivity index (χ1n) is 9.54. The molecule has 6 nitrogen and oxygen atoms in total. The van der Waals surface area contributed by atoms with Crippen LogP contribution in [0.25, 0.3) is 0 Å². The lowest BCUT2D eigenvalue weighted by Crippen LogP contribution is -2.50. The quantitative estimate of drug-likeness (QED) is 0.689. The third-order valence-corrected chi connectivity index (χ3v) is 4.92. The van der Waals surface area contributed by atoms with Crippen molar-refractivity contribution in [2.45, 2.75) is 13.3 Å². The molecule has 28 heavy (non-hydrogen) atoms. The van der Waals surface area contributed by atoms with Gasteiger partial charge in [-0.15, -0.1) is 0 Å². The largest absolute Gasteiger partial charge is 0.495 e. The maximum atomic E-state index is 12.5. The Hall–Kier alpha value is -3.02. The molecule has 0 atom stereocenters. The zero-order valence-electron chi connectivity index (χ0n) is 16.4. The van der Waals surface area contributed by atoms with Gasteiger partial charge in [-0.2, -0.15) is 0 Å². The molecule has 0 radical (unpaired) electrons. The highest BCUT2D eigenvalue weighted by Gasteiger charge is 2.23. The van der Waals surface area contributed by atoms with E-state index in [4.69, 9.17) is 9.47 Å². The highest BCUT2D eigenvalue weighted by molar-refractivity contribution is 5.95. The first kappa shape index (κ1) is 19.7. The number of piperazine rings is 1. The van der Waals surface area contributed by atoms with Gasteiger partial charge in [0.15, 0.2) is 12.4 Å². The maximum absolute atomic E-state index is 12.5. The Kier molecular flexibility index (Phi) is 6.53. The van der Waals surface area contributed by atoms with E-state index in [0.29, 0.717) is 30.8 Å². The third kappa shape index (κ3) is 4.63. The van der Waals surface area contributed by atoms with Gasteiger partial charge in [-0.3, -0.25) is 9.59 Å². The number of amides is 1. The molecule has 148 valence electrons. The number of nitrogens with zero attached hydrogens (tertiary/aromatic N) is 2. The number of hydrogen-bond donors (Lipinski definition) is 0. The number of ketones is 1. The van der Waals surface area contributed by atoms with Gasteiger partial charge in [0.2, 0.25) is 0 Å². The van der Waals surface area contributed by atoms with Crippen molar-refractivity contribution in [1.82, 2.24) is 4.90 Å². The molecular formula is C22H26N2O4. The SMILES string of the molecule is CCC(=O)c1ccc(OCC(=O)N2CCN(c3ccccc3OC)CC2)cc1. The molecule has 0 unspecified atom stereocenters. The van der Waals surface area contributed by atoms with Crippen molar-refractivity contribution in [3.05, 3.63) is 54.1 Å². The van der Waals surface area contributed by atoms with Crippen molar-refractivity contribution in [2.24, 2.45) is 0 Å².